The van der Waals surface area contributed by atoms with Crippen LogP contribution in [0.3, 0.4) is 0 Å². The zero-order valence-corrected chi connectivity index (χ0v) is 30.7. The number of hydrogen-bond donors (Lipinski definition) is 2. The monoisotopic (exact) mass is 643 g/mol. The fraction of sp³-hybridized carbons (Fsp3) is 0.805. The van der Waals surface area contributed by atoms with Crippen LogP contribution < -0.4 is 15.4 Å². The highest BCUT2D eigenvalue weighted by atomic mass is 16.5. The van der Waals surface area contributed by atoms with Crippen LogP contribution >= 0.6 is 0 Å². The molecule has 1 rings (SSSR count). The maximum absolute atomic E-state index is 13.1. The minimum atomic E-state index is -0.108. The molecule has 0 aliphatic heterocycles. The van der Waals surface area contributed by atoms with Crippen molar-refractivity contribution in [2.24, 2.45) is 0 Å². The van der Waals surface area contributed by atoms with Crippen molar-refractivity contribution in [2.75, 3.05) is 19.7 Å². The van der Waals surface area contributed by atoms with Crippen LogP contribution in [0.5, 0.6) is 5.75 Å². The van der Waals surface area contributed by atoms with E-state index in [1.807, 2.05) is 0 Å². The molecule has 1 aromatic carbocycles. The second-order valence-corrected chi connectivity index (χ2v) is 13.6. The molecule has 0 aliphatic rings. The molecule has 0 heterocycles. The highest BCUT2D eigenvalue weighted by Crippen LogP contribution is 2.22. The molecule has 0 radical (unpaired) electrons. The van der Waals surface area contributed by atoms with E-state index < -0.39 is 0 Å². The Hall–Kier alpha value is -2.04. The van der Waals surface area contributed by atoms with Crippen LogP contribution in [0.4, 0.5) is 0 Å². The minimum Gasteiger partial charge on any atom is -0.493 e. The number of carbonyl (C=O) groups is 2. The van der Waals surface area contributed by atoms with Crippen LogP contribution in [0.2, 0.25) is 0 Å². The third-order valence-corrected chi connectivity index (χ3v) is 9.13. The molecule has 0 unspecified atom stereocenters. The molecule has 0 atom stereocenters. The van der Waals surface area contributed by atoms with Gasteiger partial charge in [0.2, 0.25) is 0 Å². The van der Waals surface area contributed by atoms with E-state index in [-0.39, 0.29) is 11.8 Å². The molecule has 5 heteroatoms. The number of ether oxygens (including phenoxy) is 1. The SMILES string of the molecule is CCCCCCCCCCCNC(=O)c1ccc(C(=O)NCCCCCCCCCCC)c(OCCCCCCCCCCC)c1. The van der Waals surface area contributed by atoms with Gasteiger partial charge in [-0.05, 0) is 37.5 Å². The topological polar surface area (TPSA) is 67.4 Å². The lowest BCUT2D eigenvalue weighted by Gasteiger charge is -2.14. The van der Waals surface area contributed by atoms with Crippen molar-refractivity contribution in [3.63, 3.8) is 0 Å². The summed E-state index contributed by atoms with van der Waals surface area (Å²) < 4.78 is 6.17. The van der Waals surface area contributed by atoms with Gasteiger partial charge >= 0.3 is 0 Å². The normalized spacial score (nSPS) is 11.1. The van der Waals surface area contributed by atoms with Gasteiger partial charge in [0.15, 0.2) is 0 Å². The average molecular weight is 643 g/mol. The quantitative estimate of drug-likeness (QED) is 0.0750. The molecule has 0 fully saturated rings. The second-order valence-electron chi connectivity index (χ2n) is 13.6. The van der Waals surface area contributed by atoms with Crippen LogP contribution in [-0.2, 0) is 0 Å². The Bertz CT molecular complexity index is 856. The summed E-state index contributed by atoms with van der Waals surface area (Å²) in [5.74, 6) is 0.331. The van der Waals surface area contributed by atoms with Crippen molar-refractivity contribution in [3.05, 3.63) is 29.3 Å². The Morgan fingerprint density at radius 2 is 0.848 bits per heavy atom. The Morgan fingerprint density at radius 3 is 1.28 bits per heavy atom. The predicted octanol–water partition coefficient (Wildman–Crippen LogP) is 12.1. The number of nitrogens with one attached hydrogen (secondary N) is 2. The smallest absolute Gasteiger partial charge is 0.255 e. The summed E-state index contributed by atoms with van der Waals surface area (Å²) in [6.45, 7) is 8.70. The van der Waals surface area contributed by atoms with E-state index in [0.717, 1.165) is 38.5 Å². The molecule has 1 aromatic rings. The maximum Gasteiger partial charge on any atom is 0.255 e. The summed E-state index contributed by atoms with van der Waals surface area (Å²) in [4.78, 5) is 26.1. The van der Waals surface area contributed by atoms with Gasteiger partial charge < -0.3 is 15.4 Å². The van der Waals surface area contributed by atoms with E-state index in [2.05, 4.69) is 31.4 Å². The van der Waals surface area contributed by atoms with Crippen molar-refractivity contribution in [1.29, 1.82) is 0 Å². The summed E-state index contributed by atoms with van der Waals surface area (Å²) in [5.41, 5.74) is 1.09. The van der Waals surface area contributed by atoms with E-state index in [4.69, 9.17) is 4.74 Å². The summed E-state index contributed by atoms with van der Waals surface area (Å²) in [6.07, 6.45) is 34.0. The predicted molar refractivity (Wildman–Crippen MR) is 198 cm³/mol. The van der Waals surface area contributed by atoms with Crippen molar-refractivity contribution in [2.45, 2.75) is 194 Å². The van der Waals surface area contributed by atoms with Gasteiger partial charge in [-0.2, -0.15) is 0 Å². The van der Waals surface area contributed by atoms with Crippen molar-refractivity contribution < 1.29 is 14.3 Å². The standard InChI is InChI=1S/C41H74N2O3/c1-4-7-10-13-16-19-22-25-28-33-42-40(44)37-31-32-38(41(45)43-34-29-26-23-20-17-14-11-8-5-2)39(36-37)46-35-30-27-24-21-18-15-12-9-6-3/h31-32,36H,4-30,33-35H2,1-3H3,(H,42,44)(H,43,45). The molecule has 2 N–H and O–H groups in total. The molecule has 46 heavy (non-hydrogen) atoms. The van der Waals surface area contributed by atoms with Crippen molar-refractivity contribution in [3.8, 4) is 5.75 Å². The molecule has 2 amide bonds. The molecule has 0 bridgehead atoms. The Morgan fingerprint density at radius 1 is 0.478 bits per heavy atom. The van der Waals surface area contributed by atoms with Gasteiger partial charge in [-0.15, -0.1) is 0 Å². The molecule has 0 saturated carbocycles. The van der Waals surface area contributed by atoms with Gasteiger partial charge in [0.25, 0.3) is 11.8 Å². The second kappa shape index (κ2) is 31.6. The number of benzene rings is 1. The molecule has 0 spiro atoms. The van der Waals surface area contributed by atoms with E-state index in [1.54, 1.807) is 18.2 Å². The molecule has 266 valence electrons. The van der Waals surface area contributed by atoms with Gasteiger partial charge in [0, 0.05) is 18.7 Å². The number of carbonyl (C=O) groups excluding carboxylic acids is 2. The molecule has 0 saturated heterocycles. The van der Waals surface area contributed by atoms with Crippen LogP contribution in [0.1, 0.15) is 215 Å². The third-order valence-electron chi connectivity index (χ3n) is 9.13. The minimum absolute atomic E-state index is 0.0888. The zero-order chi connectivity index (χ0) is 33.3. The number of rotatable bonds is 33. The highest BCUT2D eigenvalue weighted by Gasteiger charge is 2.16. The average Bonchev–Trinajstić information content (AvgIpc) is 3.07. The van der Waals surface area contributed by atoms with Crippen molar-refractivity contribution in [1.82, 2.24) is 10.6 Å². The summed E-state index contributed by atoms with van der Waals surface area (Å²) in [5, 5.41) is 6.18. The largest absolute Gasteiger partial charge is 0.493 e. The molecule has 5 nitrogen and oxygen atoms in total. The first-order valence-corrected chi connectivity index (χ1v) is 20.0. The first-order chi connectivity index (χ1) is 22.6. The summed E-state index contributed by atoms with van der Waals surface area (Å²) >= 11 is 0. The van der Waals surface area contributed by atoms with E-state index >= 15 is 0 Å². The van der Waals surface area contributed by atoms with Crippen LogP contribution in [0, 0.1) is 0 Å². The number of amides is 2. The van der Waals surface area contributed by atoms with E-state index in [9.17, 15) is 9.59 Å². The van der Waals surface area contributed by atoms with Crippen molar-refractivity contribution >= 4 is 11.8 Å². The van der Waals surface area contributed by atoms with Gasteiger partial charge in [0.1, 0.15) is 5.75 Å². The molecular formula is C41H74N2O3. The highest BCUT2D eigenvalue weighted by molar-refractivity contribution is 6.00. The molecule has 0 aliphatic carbocycles. The van der Waals surface area contributed by atoms with Crippen LogP contribution in [-0.4, -0.2) is 31.5 Å². The van der Waals surface area contributed by atoms with Crippen LogP contribution in [0.15, 0.2) is 18.2 Å². The van der Waals surface area contributed by atoms with Gasteiger partial charge in [-0.25, -0.2) is 0 Å². The lowest BCUT2D eigenvalue weighted by atomic mass is 10.1. The lowest BCUT2D eigenvalue weighted by molar-refractivity contribution is 0.0937. The maximum atomic E-state index is 13.1. The Labute approximate surface area is 285 Å². The first kappa shape index (κ1) is 42.0. The zero-order valence-electron chi connectivity index (χ0n) is 30.7. The molecule has 0 aromatic heterocycles. The van der Waals surface area contributed by atoms with Gasteiger partial charge in [0.05, 0.1) is 12.2 Å². The lowest BCUT2D eigenvalue weighted by Crippen LogP contribution is -2.26. The van der Waals surface area contributed by atoms with E-state index in [0.29, 0.717) is 36.6 Å². The van der Waals surface area contributed by atoms with Gasteiger partial charge in [-0.3, -0.25) is 9.59 Å². The number of hydrogen-bond acceptors (Lipinski definition) is 3. The van der Waals surface area contributed by atoms with Crippen LogP contribution in [0.25, 0.3) is 0 Å². The first-order valence-electron chi connectivity index (χ1n) is 20.0. The summed E-state index contributed by atoms with van der Waals surface area (Å²) in [6, 6.07) is 5.31. The molecular weight excluding hydrogens is 568 g/mol. The van der Waals surface area contributed by atoms with Gasteiger partial charge in [-0.1, -0.05) is 175 Å². The Balaban J connectivity index is 2.51. The Kier molecular flexibility index (Phi) is 28.8. The number of unbranched alkanes of at least 4 members (excludes halogenated alkanes) is 24. The fourth-order valence-electron chi connectivity index (χ4n) is 6.04. The fourth-order valence-corrected chi connectivity index (χ4v) is 6.04. The summed E-state index contributed by atoms with van der Waals surface area (Å²) in [7, 11) is 0. The third kappa shape index (κ3) is 23.3. The van der Waals surface area contributed by atoms with E-state index in [1.165, 1.54) is 135 Å².